The van der Waals surface area contributed by atoms with Gasteiger partial charge < -0.3 is 0 Å². The van der Waals surface area contributed by atoms with Crippen LogP contribution in [0.25, 0.3) is 6.08 Å². The van der Waals surface area contributed by atoms with Gasteiger partial charge in [-0.05, 0) is 53.2 Å². The van der Waals surface area contributed by atoms with Gasteiger partial charge in [0.2, 0.25) is 0 Å². The standard InChI is InChI=1S/C17H25O4P/c1-16(2,3)20-22(19,21-17(4,5)6)15(18)13-12-14-10-8-7-9-11-14/h7-13H,1-6H3/b13-12+. The summed E-state index contributed by atoms with van der Waals surface area (Å²) in [5.41, 5.74) is -1.32. The van der Waals surface area contributed by atoms with Gasteiger partial charge in [0.1, 0.15) is 0 Å². The van der Waals surface area contributed by atoms with E-state index in [0.717, 1.165) is 5.56 Å². The van der Waals surface area contributed by atoms with Crippen LogP contribution in [0.5, 0.6) is 0 Å². The van der Waals surface area contributed by atoms with Crippen molar-refractivity contribution in [3.8, 4) is 0 Å². The summed E-state index contributed by atoms with van der Waals surface area (Å²) in [6.45, 7) is 10.4. The summed E-state index contributed by atoms with van der Waals surface area (Å²) in [4.78, 5) is 12.4. The van der Waals surface area contributed by atoms with Gasteiger partial charge >= 0.3 is 7.60 Å². The summed E-state index contributed by atoms with van der Waals surface area (Å²) in [5.74, 6) is 0. The van der Waals surface area contributed by atoms with Gasteiger partial charge in [-0.2, -0.15) is 0 Å². The van der Waals surface area contributed by atoms with Crippen LogP contribution in [0.4, 0.5) is 0 Å². The molecule has 0 radical (unpaired) electrons. The smallest absolute Gasteiger partial charge is 0.297 e. The van der Waals surface area contributed by atoms with E-state index in [4.69, 9.17) is 9.05 Å². The minimum absolute atomic E-state index is 0.652. The van der Waals surface area contributed by atoms with Crippen LogP contribution < -0.4 is 0 Å². The molecule has 0 atom stereocenters. The molecule has 5 heteroatoms. The maximum absolute atomic E-state index is 12.9. The van der Waals surface area contributed by atoms with Gasteiger partial charge in [0, 0.05) is 0 Å². The molecule has 1 aromatic rings. The van der Waals surface area contributed by atoms with Gasteiger partial charge in [-0.3, -0.25) is 18.4 Å². The predicted octanol–water partition coefficient (Wildman–Crippen LogP) is 5.05. The van der Waals surface area contributed by atoms with Gasteiger partial charge in [-0.25, -0.2) is 0 Å². The number of hydrogen-bond donors (Lipinski definition) is 0. The average molecular weight is 324 g/mol. The number of hydrogen-bond acceptors (Lipinski definition) is 4. The lowest BCUT2D eigenvalue weighted by Gasteiger charge is -2.30. The Kier molecular flexibility index (Phi) is 5.91. The fourth-order valence-electron chi connectivity index (χ4n) is 1.65. The maximum Gasteiger partial charge on any atom is 0.401 e. The highest BCUT2D eigenvalue weighted by Crippen LogP contribution is 2.55. The van der Waals surface area contributed by atoms with E-state index in [9.17, 15) is 9.36 Å². The molecule has 1 aromatic carbocycles. The lowest BCUT2D eigenvalue weighted by Crippen LogP contribution is -2.26. The maximum atomic E-state index is 12.9. The second-order valence-electron chi connectivity index (χ2n) is 6.99. The zero-order valence-corrected chi connectivity index (χ0v) is 15.0. The van der Waals surface area contributed by atoms with Crippen molar-refractivity contribution < 1.29 is 18.4 Å². The van der Waals surface area contributed by atoms with Crippen molar-refractivity contribution >= 4 is 19.2 Å². The minimum atomic E-state index is -3.92. The normalized spacial score (nSPS) is 13.5. The molecule has 0 aliphatic heterocycles. The molecule has 0 bridgehead atoms. The van der Waals surface area contributed by atoms with Crippen LogP contribution in [0.3, 0.4) is 0 Å². The number of benzene rings is 1. The first-order valence-corrected chi connectivity index (χ1v) is 8.75. The Labute approximate surface area is 133 Å². The Morgan fingerprint density at radius 2 is 1.41 bits per heavy atom. The molecule has 1 rings (SSSR count). The van der Waals surface area contributed by atoms with Gasteiger partial charge in [0.05, 0.1) is 11.2 Å². The zero-order valence-electron chi connectivity index (χ0n) is 14.1. The number of carbonyl (C=O) groups is 1. The molecule has 0 heterocycles. The van der Waals surface area contributed by atoms with Gasteiger partial charge in [-0.15, -0.1) is 0 Å². The molecule has 0 fully saturated rings. The Balaban J connectivity index is 3.03. The molecular formula is C17H25O4P. The van der Waals surface area contributed by atoms with E-state index in [1.165, 1.54) is 6.08 Å². The first kappa shape index (κ1) is 18.8. The van der Waals surface area contributed by atoms with Gasteiger partial charge in [-0.1, -0.05) is 36.4 Å². The van der Waals surface area contributed by atoms with E-state index in [2.05, 4.69) is 0 Å². The molecule has 0 saturated carbocycles. The Morgan fingerprint density at radius 3 is 1.82 bits per heavy atom. The van der Waals surface area contributed by atoms with Crippen molar-refractivity contribution in [1.29, 1.82) is 0 Å². The third-order valence-electron chi connectivity index (χ3n) is 2.28. The first-order valence-electron chi connectivity index (χ1n) is 7.21. The van der Waals surface area contributed by atoms with Crippen LogP contribution in [-0.2, 0) is 18.4 Å². The van der Waals surface area contributed by atoms with E-state index >= 15 is 0 Å². The van der Waals surface area contributed by atoms with Crippen molar-refractivity contribution in [2.45, 2.75) is 52.7 Å². The summed E-state index contributed by atoms with van der Waals surface area (Å²) in [6, 6.07) is 9.31. The summed E-state index contributed by atoms with van der Waals surface area (Å²) in [5, 5.41) is 0. The highest BCUT2D eigenvalue weighted by atomic mass is 31.2. The van der Waals surface area contributed by atoms with Gasteiger partial charge in [0.25, 0.3) is 5.52 Å². The molecule has 0 unspecified atom stereocenters. The van der Waals surface area contributed by atoms with E-state index < -0.39 is 24.3 Å². The molecule has 0 N–H and O–H groups in total. The van der Waals surface area contributed by atoms with E-state index in [0.29, 0.717) is 0 Å². The van der Waals surface area contributed by atoms with Crippen LogP contribution in [0.15, 0.2) is 36.4 Å². The lowest BCUT2D eigenvalue weighted by molar-refractivity contribution is -0.111. The zero-order chi connectivity index (χ0) is 17.0. The first-order chi connectivity index (χ1) is 9.91. The lowest BCUT2D eigenvalue weighted by atomic mass is 10.2. The highest BCUT2D eigenvalue weighted by molar-refractivity contribution is 7.72. The third-order valence-corrected chi connectivity index (χ3v) is 4.54. The highest BCUT2D eigenvalue weighted by Gasteiger charge is 2.40. The second kappa shape index (κ2) is 6.91. The van der Waals surface area contributed by atoms with Crippen LogP contribution in [0, 0.1) is 0 Å². The van der Waals surface area contributed by atoms with Crippen molar-refractivity contribution in [2.24, 2.45) is 0 Å². The largest absolute Gasteiger partial charge is 0.401 e. The van der Waals surface area contributed by atoms with Crippen LogP contribution >= 0.6 is 7.60 Å². The molecule has 122 valence electrons. The SMILES string of the molecule is CC(C)(C)OP(=O)(OC(C)(C)C)C(=O)/C=C/c1ccccc1. The van der Waals surface area contributed by atoms with Crippen molar-refractivity contribution in [3.63, 3.8) is 0 Å². The van der Waals surface area contributed by atoms with Crippen molar-refractivity contribution in [1.82, 2.24) is 0 Å². The van der Waals surface area contributed by atoms with Crippen molar-refractivity contribution in [3.05, 3.63) is 42.0 Å². The summed E-state index contributed by atoms with van der Waals surface area (Å²) in [7, 11) is -3.92. The van der Waals surface area contributed by atoms with Crippen LogP contribution in [0.2, 0.25) is 0 Å². The Morgan fingerprint density at radius 1 is 0.955 bits per heavy atom. The molecule has 0 aliphatic rings. The van der Waals surface area contributed by atoms with E-state index in [-0.39, 0.29) is 0 Å². The molecule has 0 saturated heterocycles. The topological polar surface area (TPSA) is 52.6 Å². The second-order valence-corrected chi connectivity index (χ2v) is 8.79. The van der Waals surface area contributed by atoms with E-state index in [1.54, 1.807) is 47.6 Å². The predicted molar refractivity (Wildman–Crippen MR) is 89.8 cm³/mol. The third kappa shape index (κ3) is 6.69. The summed E-state index contributed by atoms with van der Waals surface area (Å²) < 4.78 is 23.9. The fourth-order valence-corrected chi connectivity index (χ4v) is 3.57. The Hall–Kier alpha value is -1.22. The summed E-state index contributed by atoms with van der Waals surface area (Å²) >= 11 is 0. The molecule has 0 spiro atoms. The molecule has 0 amide bonds. The Bertz CT molecular complexity index is 557. The minimum Gasteiger partial charge on any atom is -0.297 e. The molecule has 22 heavy (non-hydrogen) atoms. The van der Waals surface area contributed by atoms with Gasteiger partial charge in [0.15, 0.2) is 0 Å². The molecule has 4 nitrogen and oxygen atoms in total. The number of allylic oxidation sites excluding steroid dienone is 1. The monoisotopic (exact) mass is 324 g/mol. The van der Waals surface area contributed by atoms with Crippen LogP contribution in [-0.4, -0.2) is 16.7 Å². The molecular weight excluding hydrogens is 299 g/mol. The molecule has 0 aromatic heterocycles. The number of carbonyl (C=O) groups excluding carboxylic acids is 1. The summed E-state index contributed by atoms with van der Waals surface area (Å²) in [6.07, 6.45) is 2.86. The fraction of sp³-hybridized carbons (Fsp3) is 0.471. The van der Waals surface area contributed by atoms with E-state index in [1.807, 2.05) is 30.3 Å². The molecule has 0 aliphatic carbocycles. The number of rotatable bonds is 5. The van der Waals surface area contributed by atoms with Crippen LogP contribution in [0.1, 0.15) is 47.1 Å². The average Bonchev–Trinajstić information content (AvgIpc) is 2.32. The van der Waals surface area contributed by atoms with Crippen molar-refractivity contribution in [2.75, 3.05) is 0 Å². The quantitative estimate of drug-likeness (QED) is 0.562.